The molecule has 0 amide bonds. The van der Waals surface area contributed by atoms with Crippen molar-refractivity contribution < 1.29 is 9.15 Å². The summed E-state index contributed by atoms with van der Waals surface area (Å²) < 4.78 is 10.6. The van der Waals surface area contributed by atoms with Gasteiger partial charge in [0.1, 0.15) is 11.5 Å². The lowest BCUT2D eigenvalue weighted by atomic mass is 10.2. The molecule has 0 atom stereocenters. The maximum Gasteiger partial charge on any atom is 0.191 e. The van der Waals surface area contributed by atoms with E-state index in [-0.39, 0.29) is 24.0 Å². The molecule has 2 aromatic rings. The predicted octanol–water partition coefficient (Wildman–Crippen LogP) is 2.81. The van der Waals surface area contributed by atoms with Gasteiger partial charge in [-0.15, -0.1) is 24.0 Å². The van der Waals surface area contributed by atoms with Crippen molar-refractivity contribution in [2.45, 2.75) is 13.0 Å². The molecule has 120 valence electrons. The van der Waals surface area contributed by atoms with Crippen molar-refractivity contribution in [3.63, 3.8) is 0 Å². The van der Waals surface area contributed by atoms with Crippen molar-refractivity contribution in [1.29, 1.82) is 0 Å². The van der Waals surface area contributed by atoms with Crippen LogP contribution in [0.4, 0.5) is 0 Å². The summed E-state index contributed by atoms with van der Waals surface area (Å²) in [5.41, 5.74) is 1.09. The molecule has 6 heteroatoms. The SMILES string of the molecule is CN=C(NCCc1ccco1)NCc1ccccc1OC.I. The highest BCUT2D eigenvalue weighted by Crippen LogP contribution is 2.16. The van der Waals surface area contributed by atoms with Gasteiger partial charge in [0.25, 0.3) is 0 Å². The number of benzene rings is 1. The van der Waals surface area contributed by atoms with Crippen molar-refractivity contribution in [3.05, 3.63) is 54.0 Å². The first-order valence-corrected chi connectivity index (χ1v) is 6.92. The molecule has 0 fully saturated rings. The molecule has 0 aliphatic rings. The number of rotatable bonds is 6. The summed E-state index contributed by atoms with van der Waals surface area (Å²) in [6, 6.07) is 11.8. The number of aliphatic imine (C=N–C) groups is 1. The summed E-state index contributed by atoms with van der Waals surface area (Å²) in [6.07, 6.45) is 2.51. The normalized spacial score (nSPS) is 10.7. The third-order valence-corrected chi connectivity index (χ3v) is 3.11. The fraction of sp³-hybridized carbons (Fsp3) is 0.312. The molecule has 0 unspecified atom stereocenters. The maximum atomic E-state index is 5.33. The fourth-order valence-electron chi connectivity index (χ4n) is 2.01. The standard InChI is InChI=1S/C16H21N3O2.HI/c1-17-16(18-10-9-14-7-5-11-21-14)19-12-13-6-3-4-8-15(13)20-2;/h3-8,11H,9-10,12H2,1-2H3,(H2,17,18,19);1H. The number of para-hydroxylation sites is 1. The Labute approximate surface area is 148 Å². The molecule has 2 N–H and O–H groups in total. The molecule has 0 aliphatic heterocycles. The number of guanidine groups is 1. The number of halogens is 1. The third-order valence-electron chi connectivity index (χ3n) is 3.11. The molecule has 1 aromatic heterocycles. The molecule has 0 saturated heterocycles. The van der Waals surface area contributed by atoms with Crippen molar-refractivity contribution >= 4 is 29.9 Å². The Bertz CT molecular complexity index is 571. The number of ether oxygens (including phenoxy) is 1. The minimum Gasteiger partial charge on any atom is -0.496 e. The van der Waals surface area contributed by atoms with Gasteiger partial charge < -0.3 is 19.8 Å². The van der Waals surface area contributed by atoms with E-state index >= 15 is 0 Å². The average Bonchev–Trinajstić information content (AvgIpc) is 3.04. The van der Waals surface area contributed by atoms with Crippen LogP contribution in [-0.4, -0.2) is 26.7 Å². The second kappa shape index (κ2) is 10.1. The van der Waals surface area contributed by atoms with Crippen LogP contribution in [0.2, 0.25) is 0 Å². The van der Waals surface area contributed by atoms with Crippen LogP contribution in [0.1, 0.15) is 11.3 Å². The highest BCUT2D eigenvalue weighted by molar-refractivity contribution is 14.0. The molecule has 2 rings (SSSR count). The second-order valence-electron chi connectivity index (χ2n) is 4.49. The zero-order valence-corrected chi connectivity index (χ0v) is 15.2. The van der Waals surface area contributed by atoms with Gasteiger partial charge in [-0.3, -0.25) is 4.99 Å². The molecule has 0 aliphatic carbocycles. The maximum absolute atomic E-state index is 5.33. The minimum absolute atomic E-state index is 0. The fourth-order valence-corrected chi connectivity index (χ4v) is 2.01. The Hall–Kier alpha value is -1.70. The summed E-state index contributed by atoms with van der Waals surface area (Å²) in [7, 11) is 3.43. The first-order chi connectivity index (χ1) is 10.3. The van der Waals surface area contributed by atoms with E-state index in [1.54, 1.807) is 20.4 Å². The molecule has 0 bridgehead atoms. The van der Waals surface area contributed by atoms with E-state index in [1.165, 1.54) is 0 Å². The zero-order valence-electron chi connectivity index (χ0n) is 12.8. The number of furan rings is 1. The van der Waals surface area contributed by atoms with Crippen LogP contribution in [0.15, 0.2) is 52.1 Å². The van der Waals surface area contributed by atoms with E-state index in [0.29, 0.717) is 6.54 Å². The number of nitrogens with one attached hydrogen (secondary N) is 2. The topological polar surface area (TPSA) is 58.8 Å². The van der Waals surface area contributed by atoms with Gasteiger partial charge in [0.2, 0.25) is 0 Å². The van der Waals surface area contributed by atoms with Gasteiger partial charge >= 0.3 is 0 Å². The number of methoxy groups -OCH3 is 1. The van der Waals surface area contributed by atoms with Crippen LogP contribution in [0, 0.1) is 0 Å². The predicted molar refractivity (Wildman–Crippen MR) is 99.0 cm³/mol. The van der Waals surface area contributed by atoms with Crippen LogP contribution in [0.5, 0.6) is 5.75 Å². The monoisotopic (exact) mass is 415 g/mol. The average molecular weight is 415 g/mol. The van der Waals surface area contributed by atoms with Crippen LogP contribution in [0.25, 0.3) is 0 Å². The van der Waals surface area contributed by atoms with Crippen molar-refractivity contribution in [2.75, 3.05) is 20.7 Å². The van der Waals surface area contributed by atoms with Gasteiger partial charge in [-0.05, 0) is 18.2 Å². The summed E-state index contributed by atoms with van der Waals surface area (Å²) >= 11 is 0. The van der Waals surface area contributed by atoms with E-state index < -0.39 is 0 Å². The van der Waals surface area contributed by atoms with E-state index in [1.807, 2.05) is 36.4 Å². The Morgan fingerprint density at radius 3 is 2.68 bits per heavy atom. The smallest absolute Gasteiger partial charge is 0.191 e. The van der Waals surface area contributed by atoms with Gasteiger partial charge in [0, 0.05) is 32.1 Å². The highest BCUT2D eigenvalue weighted by Gasteiger charge is 2.03. The van der Waals surface area contributed by atoms with E-state index in [2.05, 4.69) is 15.6 Å². The summed E-state index contributed by atoms with van der Waals surface area (Å²) in [5.74, 6) is 2.59. The van der Waals surface area contributed by atoms with Gasteiger partial charge in [0.15, 0.2) is 5.96 Å². The Balaban J connectivity index is 0.00000242. The van der Waals surface area contributed by atoms with Gasteiger partial charge in [-0.1, -0.05) is 18.2 Å². The Morgan fingerprint density at radius 1 is 1.18 bits per heavy atom. The van der Waals surface area contributed by atoms with Gasteiger partial charge in [-0.25, -0.2) is 0 Å². The molecule has 0 radical (unpaired) electrons. The van der Waals surface area contributed by atoms with Crippen LogP contribution in [0.3, 0.4) is 0 Å². The number of hydrogen-bond donors (Lipinski definition) is 2. The summed E-state index contributed by atoms with van der Waals surface area (Å²) in [5, 5.41) is 6.52. The number of hydrogen-bond acceptors (Lipinski definition) is 3. The van der Waals surface area contributed by atoms with Crippen LogP contribution in [-0.2, 0) is 13.0 Å². The molecule has 1 heterocycles. The van der Waals surface area contributed by atoms with E-state index in [9.17, 15) is 0 Å². The molecule has 22 heavy (non-hydrogen) atoms. The molecule has 0 spiro atoms. The van der Waals surface area contributed by atoms with Crippen molar-refractivity contribution in [1.82, 2.24) is 10.6 Å². The molecular formula is C16H22IN3O2. The molecule has 0 saturated carbocycles. The van der Waals surface area contributed by atoms with Crippen molar-refractivity contribution in [2.24, 2.45) is 4.99 Å². The number of nitrogens with zero attached hydrogens (tertiary/aromatic N) is 1. The summed E-state index contributed by atoms with van der Waals surface area (Å²) in [6.45, 7) is 1.42. The lowest BCUT2D eigenvalue weighted by Gasteiger charge is -2.13. The largest absolute Gasteiger partial charge is 0.496 e. The van der Waals surface area contributed by atoms with E-state index in [4.69, 9.17) is 9.15 Å². The quantitative estimate of drug-likeness (QED) is 0.433. The van der Waals surface area contributed by atoms with Crippen LogP contribution >= 0.6 is 24.0 Å². The second-order valence-corrected chi connectivity index (χ2v) is 4.49. The molecule has 1 aromatic carbocycles. The molecule has 5 nitrogen and oxygen atoms in total. The highest BCUT2D eigenvalue weighted by atomic mass is 127. The van der Waals surface area contributed by atoms with Gasteiger partial charge in [0.05, 0.1) is 13.4 Å². The molecular weight excluding hydrogens is 393 g/mol. The first kappa shape index (κ1) is 18.3. The first-order valence-electron chi connectivity index (χ1n) is 6.92. The van der Waals surface area contributed by atoms with Crippen molar-refractivity contribution in [3.8, 4) is 5.75 Å². The minimum atomic E-state index is 0. The van der Waals surface area contributed by atoms with E-state index in [0.717, 1.165) is 36.0 Å². The zero-order chi connectivity index (χ0) is 14.9. The Morgan fingerprint density at radius 2 is 2.00 bits per heavy atom. The lowest BCUT2D eigenvalue weighted by Crippen LogP contribution is -2.37. The Kier molecular flexibility index (Phi) is 8.42. The van der Waals surface area contributed by atoms with Gasteiger partial charge in [-0.2, -0.15) is 0 Å². The lowest BCUT2D eigenvalue weighted by molar-refractivity contribution is 0.409. The third kappa shape index (κ3) is 5.59. The summed E-state index contributed by atoms with van der Waals surface area (Å²) in [4.78, 5) is 4.20. The van der Waals surface area contributed by atoms with Crippen LogP contribution < -0.4 is 15.4 Å².